The number of pyridine rings is 3. The number of hydrogen-bond donors (Lipinski definition) is 2. The number of nitrogens with zero attached hydrogens (tertiary/aromatic N) is 6. The predicted octanol–water partition coefficient (Wildman–Crippen LogP) is 5.39. The Kier molecular flexibility index (Phi) is 6.34. The molecule has 1 saturated carbocycles. The molecule has 2 aliphatic rings. The van der Waals surface area contributed by atoms with Crippen LogP contribution in [0, 0.1) is 12.7 Å². The average molecular weight is 519 g/mol. The van der Waals surface area contributed by atoms with Gasteiger partial charge in [-0.3, -0.25) is 0 Å². The molecule has 190 valence electrons. The largest absolute Gasteiger partial charge is 0.356 e. The minimum absolute atomic E-state index is 0.113. The lowest BCUT2D eigenvalue weighted by Crippen LogP contribution is -2.41. The summed E-state index contributed by atoms with van der Waals surface area (Å²) in [6.45, 7) is 3.75. The van der Waals surface area contributed by atoms with Crippen molar-refractivity contribution in [3.63, 3.8) is 0 Å². The van der Waals surface area contributed by atoms with Gasteiger partial charge >= 0.3 is 0 Å². The normalized spacial score (nSPS) is 16.2. The van der Waals surface area contributed by atoms with Crippen molar-refractivity contribution in [1.82, 2.24) is 30.2 Å². The highest BCUT2D eigenvalue weighted by atomic mass is 35.5. The Hall–Kier alpha value is -3.43. The van der Waals surface area contributed by atoms with Gasteiger partial charge in [0.05, 0.1) is 5.39 Å². The summed E-state index contributed by atoms with van der Waals surface area (Å²) in [5.41, 5.74) is 3.31. The van der Waals surface area contributed by atoms with Gasteiger partial charge in [0.25, 0.3) is 0 Å². The van der Waals surface area contributed by atoms with Crippen LogP contribution in [0.2, 0.25) is 5.15 Å². The Labute approximate surface area is 219 Å². The smallest absolute Gasteiger partial charge is 0.167 e. The molecule has 0 radical (unpaired) electrons. The molecule has 1 aliphatic carbocycles. The molecule has 5 heterocycles. The van der Waals surface area contributed by atoms with Crippen LogP contribution in [0.5, 0.6) is 0 Å². The van der Waals surface area contributed by atoms with Gasteiger partial charge in [-0.1, -0.05) is 11.6 Å². The Morgan fingerprint density at radius 1 is 1.05 bits per heavy atom. The van der Waals surface area contributed by atoms with Gasteiger partial charge in [-0.2, -0.15) is 0 Å². The third-order valence-corrected chi connectivity index (χ3v) is 7.42. The summed E-state index contributed by atoms with van der Waals surface area (Å²) in [6.07, 6.45) is 9.49. The molecule has 0 amide bonds. The number of halogens is 2. The van der Waals surface area contributed by atoms with E-state index in [0.717, 1.165) is 61.1 Å². The molecule has 4 aromatic rings. The summed E-state index contributed by atoms with van der Waals surface area (Å²) >= 11 is 6.64. The Balaban J connectivity index is 1.45. The van der Waals surface area contributed by atoms with Crippen molar-refractivity contribution in [2.24, 2.45) is 0 Å². The number of rotatable bonds is 6. The molecule has 2 fully saturated rings. The highest BCUT2D eigenvalue weighted by molar-refractivity contribution is 6.34. The first-order valence-electron chi connectivity index (χ1n) is 12.6. The van der Waals surface area contributed by atoms with Crippen molar-refractivity contribution in [3.05, 3.63) is 58.9 Å². The fourth-order valence-electron chi connectivity index (χ4n) is 4.96. The highest BCUT2D eigenvalue weighted by Crippen LogP contribution is 2.46. The Morgan fingerprint density at radius 2 is 1.86 bits per heavy atom. The minimum Gasteiger partial charge on any atom is -0.356 e. The highest BCUT2D eigenvalue weighted by Gasteiger charge is 2.31. The summed E-state index contributed by atoms with van der Waals surface area (Å²) in [5.74, 6) is 1.97. The van der Waals surface area contributed by atoms with Crippen molar-refractivity contribution in [3.8, 4) is 11.4 Å². The molecule has 2 N–H and O–H groups in total. The second-order valence-corrected chi connectivity index (χ2v) is 10.2. The van der Waals surface area contributed by atoms with E-state index in [9.17, 15) is 4.39 Å². The molecule has 0 spiro atoms. The van der Waals surface area contributed by atoms with Crippen LogP contribution in [0.1, 0.15) is 42.7 Å². The molecule has 0 aromatic carbocycles. The van der Waals surface area contributed by atoms with Gasteiger partial charge in [0.1, 0.15) is 17.2 Å². The molecule has 1 aliphatic heterocycles. The van der Waals surface area contributed by atoms with Gasteiger partial charge < -0.3 is 15.5 Å². The Morgan fingerprint density at radius 3 is 2.62 bits per heavy atom. The first-order chi connectivity index (χ1) is 18.0. The van der Waals surface area contributed by atoms with E-state index in [1.54, 1.807) is 25.4 Å². The topological polar surface area (TPSA) is 91.8 Å². The van der Waals surface area contributed by atoms with Crippen LogP contribution >= 0.6 is 11.6 Å². The van der Waals surface area contributed by atoms with Crippen LogP contribution in [0.3, 0.4) is 0 Å². The average Bonchev–Trinajstić information content (AvgIpc) is 3.76. The lowest BCUT2D eigenvalue weighted by Gasteiger charge is -2.33. The lowest BCUT2D eigenvalue weighted by molar-refractivity contribution is 0.442. The molecule has 6 rings (SSSR count). The molecule has 4 aromatic heterocycles. The zero-order chi connectivity index (χ0) is 25.5. The summed E-state index contributed by atoms with van der Waals surface area (Å²) < 4.78 is 14.4. The molecule has 10 heteroatoms. The maximum atomic E-state index is 14.4. The quantitative estimate of drug-likeness (QED) is 0.328. The van der Waals surface area contributed by atoms with E-state index in [1.807, 2.05) is 12.3 Å². The van der Waals surface area contributed by atoms with Crippen LogP contribution in [0.25, 0.3) is 22.3 Å². The monoisotopic (exact) mass is 518 g/mol. The molecule has 0 bridgehead atoms. The van der Waals surface area contributed by atoms with Gasteiger partial charge in [-0.25, -0.2) is 29.3 Å². The number of piperidine rings is 1. The third kappa shape index (κ3) is 4.81. The first kappa shape index (κ1) is 23.9. The zero-order valence-electron chi connectivity index (χ0n) is 20.8. The molecular weight excluding hydrogens is 491 g/mol. The first-order valence-corrected chi connectivity index (χ1v) is 13.0. The van der Waals surface area contributed by atoms with Gasteiger partial charge in [-0.15, -0.1) is 0 Å². The zero-order valence-corrected chi connectivity index (χ0v) is 21.6. The molecule has 8 nitrogen and oxygen atoms in total. The number of aryl methyl sites for hydroxylation is 1. The predicted molar refractivity (Wildman–Crippen MR) is 144 cm³/mol. The second kappa shape index (κ2) is 9.79. The second-order valence-electron chi connectivity index (χ2n) is 9.86. The number of nitrogens with one attached hydrogen (secondary N) is 2. The van der Waals surface area contributed by atoms with E-state index in [4.69, 9.17) is 21.6 Å². The molecule has 0 unspecified atom stereocenters. The van der Waals surface area contributed by atoms with Crippen LogP contribution in [0.15, 0.2) is 36.8 Å². The summed E-state index contributed by atoms with van der Waals surface area (Å²) in [6, 6.07) is 5.42. The number of hydrogen-bond acceptors (Lipinski definition) is 8. The van der Waals surface area contributed by atoms with E-state index in [2.05, 4.69) is 37.5 Å². The maximum Gasteiger partial charge on any atom is 0.167 e. The van der Waals surface area contributed by atoms with E-state index < -0.39 is 5.82 Å². The van der Waals surface area contributed by atoms with Crippen molar-refractivity contribution in [2.45, 2.75) is 44.6 Å². The molecular formula is C27H28ClFN8. The van der Waals surface area contributed by atoms with Crippen LogP contribution in [-0.4, -0.2) is 51.1 Å². The number of aromatic nitrogens is 5. The summed E-state index contributed by atoms with van der Waals surface area (Å²) in [7, 11) is 2.11. The molecule has 0 atom stereocenters. The number of fused-ring (bicyclic) bond motifs is 1. The molecule has 37 heavy (non-hydrogen) atoms. The van der Waals surface area contributed by atoms with Gasteiger partial charge in [-0.05, 0) is 80.9 Å². The van der Waals surface area contributed by atoms with E-state index in [1.165, 1.54) is 11.6 Å². The fraction of sp³-hybridized carbons (Fsp3) is 0.370. The number of anilines is 3. The van der Waals surface area contributed by atoms with E-state index >= 15 is 0 Å². The minimum atomic E-state index is -0.439. The van der Waals surface area contributed by atoms with E-state index in [0.29, 0.717) is 34.3 Å². The van der Waals surface area contributed by atoms with Crippen molar-refractivity contribution in [2.75, 3.05) is 30.4 Å². The maximum absolute atomic E-state index is 14.4. The van der Waals surface area contributed by atoms with Gasteiger partial charge in [0.2, 0.25) is 0 Å². The summed E-state index contributed by atoms with van der Waals surface area (Å²) in [5, 5.41) is 7.77. The molecule has 1 saturated heterocycles. The van der Waals surface area contributed by atoms with Gasteiger partial charge in [0.15, 0.2) is 22.6 Å². The summed E-state index contributed by atoms with van der Waals surface area (Å²) in [4.78, 5) is 25.3. The van der Waals surface area contributed by atoms with Crippen LogP contribution in [0.4, 0.5) is 21.8 Å². The van der Waals surface area contributed by atoms with E-state index in [-0.39, 0.29) is 5.82 Å². The van der Waals surface area contributed by atoms with Crippen molar-refractivity contribution >= 4 is 40.0 Å². The van der Waals surface area contributed by atoms with Crippen LogP contribution < -0.4 is 15.5 Å². The lowest BCUT2D eigenvalue weighted by atomic mass is 10.0. The van der Waals surface area contributed by atoms with Crippen LogP contribution in [-0.2, 0) is 0 Å². The standard InChI is InChI=1S/C27H28ClFN8/c1-15-11-20(29)26(33-13-15)34-21-12-17(5-10-31-21)25-35-23-22(19(16-3-4-16)14-32-24(23)28)27(36-25)37(2)18-6-8-30-9-7-18/h5,10-14,16,18,30H,3-4,6-9H2,1-2H3,(H,31,33,34). The third-order valence-electron chi connectivity index (χ3n) is 7.14. The Bertz CT molecular complexity index is 1470. The van der Waals surface area contributed by atoms with Crippen molar-refractivity contribution in [1.29, 1.82) is 0 Å². The van der Waals surface area contributed by atoms with Crippen molar-refractivity contribution < 1.29 is 4.39 Å². The fourth-order valence-corrected chi connectivity index (χ4v) is 5.14. The van der Waals surface area contributed by atoms with Gasteiger partial charge in [0, 0.05) is 37.2 Å². The SMILES string of the molecule is Cc1cnc(Nc2cc(-c3nc(N(C)C4CCNCC4)c4c(C5CC5)cnc(Cl)c4n3)ccn2)c(F)c1.